The number of carbonyl (C=O) groups excluding carboxylic acids is 3. The van der Waals surface area contributed by atoms with Gasteiger partial charge in [-0.1, -0.05) is 51.8 Å². The molecule has 3 aliphatic heterocycles. The molecule has 3 aliphatic rings. The van der Waals surface area contributed by atoms with Gasteiger partial charge < -0.3 is 19.6 Å². The number of hydrogen-bond acceptors (Lipinski definition) is 6. The topological polar surface area (TPSA) is 87.1 Å². The van der Waals surface area contributed by atoms with Crippen LogP contribution in [0, 0.1) is 11.8 Å². The highest BCUT2D eigenvalue weighted by atomic mass is 79.9. The molecule has 3 unspecified atom stereocenters. The number of benzene rings is 1. The fourth-order valence-electron chi connectivity index (χ4n) is 6.06. The Balaban J connectivity index is 1.72. The van der Waals surface area contributed by atoms with Gasteiger partial charge in [-0.2, -0.15) is 0 Å². The van der Waals surface area contributed by atoms with Gasteiger partial charge in [-0.05, 0) is 44.2 Å². The highest BCUT2D eigenvalue weighted by Gasteiger charge is 2.76. The molecule has 0 aliphatic carbocycles. The molecule has 1 spiro atoms. The molecular formula is C28H34BrClN2O5S. The molecule has 2 amide bonds. The summed E-state index contributed by atoms with van der Waals surface area (Å²) in [5.41, 5.74) is 0.549. The quantitative estimate of drug-likeness (QED) is 0.149. The predicted octanol–water partition coefficient (Wildman–Crippen LogP) is 4.61. The Morgan fingerprint density at radius 1 is 1.26 bits per heavy atom. The predicted molar refractivity (Wildman–Crippen MR) is 155 cm³/mol. The van der Waals surface area contributed by atoms with Crippen molar-refractivity contribution in [1.29, 1.82) is 0 Å². The SMILES string of the molecule is C=CCCCOC(=O)[C@H]1[C@H]2C(=O)N(CCCCO)C(C(=O)N(CC=C)c3ccccc3Cl)C23CC(Br)[C@@H]1S3. The van der Waals surface area contributed by atoms with Crippen LogP contribution in [0.1, 0.15) is 32.1 Å². The smallest absolute Gasteiger partial charge is 0.310 e. The molecule has 3 heterocycles. The van der Waals surface area contributed by atoms with Gasteiger partial charge in [0.2, 0.25) is 5.91 Å². The summed E-state index contributed by atoms with van der Waals surface area (Å²) in [4.78, 5) is 45.1. The lowest BCUT2D eigenvalue weighted by Crippen LogP contribution is -2.55. The van der Waals surface area contributed by atoms with Crippen LogP contribution in [0.25, 0.3) is 0 Å². The summed E-state index contributed by atoms with van der Waals surface area (Å²) in [5, 5.41) is 9.63. The monoisotopic (exact) mass is 624 g/mol. The molecule has 206 valence electrons. The first-order valence-electron chi connectivity index (χ1n) is 13.0. The molecule has 6 atom stereocenters. The number of allylic oxidation sites excluding steroid dienone is 1. The number of unbranched alkanes of at least 4 members (excludes halogenated alkanes) is 2. The molecule has 3 fully saturated rings. The second-order valence-corrected chi connectivity index (χ2v) is 13.0. The summed E-state index contributed by atoms with van der Waals surface area (Å²) in [6, 6.07) is 6.33. The van der Waals surface area contributed by atoms with E-state index >= 15 is 0 Å². The fourth-order valence-corrected chi connectivity index (χ4v) is 9.90. The maximum atomic E-state index is 14.5. The van der Waals surface area contributed by atoms with Gasteiger partial charge in [-0.15, -0.1) is 24.9 Å². The lowest BCUT2D eigenvalue weighted by molar-refractivity contribution is -0.154. The normalized spacial score (nSPS) is 29.3. The second-order valence-electron chi connectivity index (χ2n) is 9.91. The molecular weight excluding hydrogens is 592 g/mol. The average molecular weight is 626 g/mol. The number of carbonyl (C=O) groups is 3. The Morgan fingerprint density at radius 2 is 2.03 bits per heavy atom. The minimum atomic E-state index is -0.788. The van der Waals surface area contributed by atoms with Crippen LogP contribution in [-0.4, -0.2) is 75.0 Å². The van der Waals surface area contributed by atoms with Crippen molar-refractivity contribution in [2.75, 3.05) is 31.2 Å². The number of fused-ring (bicyclic) bond motifs is 1. The Bertz CT molecular complexity index is 1090. The number of ether oxygens (including phenoxy) is 1. The van der Waals surface area contributed by atoms with E-state index in [9.17, 15) is 19.5 Å². The summed E-state index contributed by atoms with van der Waals surface area (Å²) in [7, 11) is 0. The van der Waals surface area contributed by atoms with E-state index in [0.717, 1.165) is 6.42 Å². The summed E-state index contributed by atoms with van der Waals surface area (Å²) in [5.74, 6) is -2.11. The van der Waals surface area contributed by atoms with Gasteiger partial charge >= 0.3 is 5.97 Å². The first-order chi connectivity index (χ1) is 18.3. The number of nitrogens with zero attached hydrogens (tertiary/aromatic N) is 2. The maximum absolute atomic E-state index is 14.5. The van der Waals surface area contributed by atoms with E-state index in [1.807, 2.05) is 6.07 Å². The zero-order chi connectivity index (χ0) is 27.4. The standard InChI is InChI=1S/C28H34BrClN2O5S/c1-3-5-10-16-37-27(36)21-22-25(34)32(14-8-9-15-33)24(28(22)17-18(29)23(21)38-28)26(35)31(13-4-2)20-12-7-6-11-19(20)30/h3-4,6-7,11-12,18,21-24,33H,1-2,5,8-10,13-17H2/t18?,21-,22-,23-,24?,28?/m0/s1. The number of aliphatic hydroxyl groups is 1. The number of rotatable bonds is 13. The highest BCUT2D eigenvalue weighted by molar-refractivity contribution is 9.09. The lowest BCUT2D eigenvalue weighted by Gasteiger charge is -2.38. The van der Waals surface area contributed by atoms with Gasteiger partial charge in [0.15, 0.2) is 0 Å². The van der Waals surface area contributed by atoms with Crippen molar-refractivity contribution in [2.24, 2.45) is 11.8 Å². The Kier molecular flexibility index (Phi) is 9.66. The zero-order valence-corrected chi connectivity index (χ0v) is 24.4. The van der Waals surface area contributed by atoms with Gasteiger partial charge in [-0.25, -0.2) is 0 Å². The summed E-state index contributed by atoms with van der Waals surface area (Å²) < 4.78 is 4.85. The number of esters is 1. The number of aliphatic hydroxyl groups excluding tert-OH is 1. The molecule has 4 rings (SSSR count). The van der Waals surface area contributed by atoms with Crippen molar-refractivity contribution in [3.05, 3.63) is 54.6 Å². The number of para-hydroxylation sites is 1. The molecule has 7 nitrogen and oxygen atoms in total. The van der Waals surface area contributed by atoms with E-state index in [-0.39, 0.29) is 47.6 Å². The number of halogens is 2. The summed E-state index contributed by atoms with van der Waals surface area (Å²) in [6.07, 6.45) is 6.46. The van der Waals surface area contributed by atoms with Crippen LogP contribution >= 0.6 is 39.3 Å². The Hall–Kier alpha value is -1.81. The van der Waals surface area contributed by atoms with Crippen LogP contribution in [-0.2, 0) is 19.1 Å². The van der Waals surface area contributed by atoms with Crippen molar-refractivity contribution in [3.63, 3.8) is 0 Å². The van der Waals surface area contributed by atoms with Crippen molar-refractivity contribution in [1.82, 2.24) is 4.90 Å². The molecule has 0 aromatic heterocycles. The third-order valence-corrected chi connectivity index (χ3v) is 11.2. The van der Waals surface area contributed by atoms with Crippen LogP contribution < -0.4 is 4.90 Å². The molecule has 2 bridgehead atoms. The zero-order valence-electron chi connectivity index (χ0n) is 21.3. The third-order valence-electron chi connectivity index (χ3n) is 7.62. The van der Waals surface area contributed by atoms with E-state index in [0.29, 0.717) is 42.9 Å². The number of alkyl halides is 1. The van der Waals surface area contributed by atoms with E-state index in [1.165, 1.54) is 0 Å². The van der Waals surface area contributed by atoms with Crippen molar-refractivity contribution >= 4 is 62.8 Å². The third kappa shape index (κ3) is 5.19. The van der Waals surface area contributed by atoms with Gasteiger partial charge in [-0.3, -0.25) is 14.4 Å². The lowest BCUT2D eigenvalue weighted by atomic mass is 9.71. The largest absolute Gasteiger partial charge is 0.465 e. The van der Waals surface area contributed by atoms with Crippen LogP contribution in [0.3, 0.4) is 0 Å². The molecule has 0 saturated carbocycles. The van der Waals surface area contributed by atoms with E-state index in [4.69, 9.17) is 16.3 Å². The molecule has 1 N–H and O–H groups in total. The molecule has 1 aromatic carbocycles. The number of amides is 2. The van der Waals surface area contributed by atoms with Crippen LogP contribution in [0.15, 0.2) is 49.6 Å². The van der Waals surface area contributed by atoms with Crippen molar-refractivity contribution in [3.8, 4) is 0 Å². The molecule has 38 heavy (non-hydrogen) atoms. The van der Waals surface area contributed by atoms with Crippen LogP contribution in [0.5, 0.6) is 0 Å². The first kappa shape index (κ1) is 29.2. The molecule has 1 aromatic rings. The highest BCUT2D eigenvalue weighted by Crippen LogP contribution is 2.68. The van der Waals surface area contributed by atoms with Gasteiger partial charge in [0.25, 0.3) is 5.91 Å². The van der Waals surface area contributed by atoms with E-state index in [1.54, 1.807) is 51.9 Å². The van der Waals surface area contributed by atoms with E-state index < -0.39 is 22.6 Å². The molecule has 0 radical (unpaired) electrons. The van der Waals surface area contributed by atoms with Crippen LogP contribution in [0.2, 0.25) is 5.02 Å². The number of anilines is 1. The summed E-state index contributed by atoms with van der Waals surface area (Å²) >= 11 is 11.8. The Labute approximate surface area is 241 Å². The van der Waals surface area contributed by atoms with Crippen molar-refractivity contribution in [2.45, 2.75) is 53.0 Å². The average Bonchev–Trinajstić information content (AvgIpc) is 3.49. The minimum Gasteiger partial charge on any atom is -0.465 e. The van der Waals surface area contributed by atoms with Gasteiger partial charge in [0, 0.05) is 29.8 Å². The van der Waals surface area contributed by atoms with E-state index in [2.05, 4.69) is 29.1 Å². The minimum absolute atomic E-state index is 0.00259. The first-order valence-corrected chi connectivity index (χ1v) is 15.2. The molecule has 3 saturated heterocycles. The number of thioether (sulfide) groups is 1. The Morgan fingerprint density at radius 3 is 2.71 bits per heavy atom. The summed E-state index contributed by atoms with van der Waals surface area (Å²) in [6.45, 7) is 8.34. The van der Waals surface area contributed by atoms with Gasteiger partial charge in [0.1, 0.15) is 6.04 Å². The van der Waals surface area contributed by atoms with Crippen LogP contribution in [0.4, 0.5) is 5.69 Å². The van der Waals surface area contributed by atoms with Crippen molar-refractivity contribution < 1.29 is 24.2 Å². The number of hydrogen-bond donors (Lipinski definition) is 1. The molecule has 10 heteroatoms. The fraction of sp³-hybridized carbons (Fsp3) is 0.536. The maximum Gasteiger partial charge on any atom is 0.310 e. The second kappa shape index (κ2) is 12.6. The van der Waals surface area contributed by atoms with Gasteiger partial charge in [0.05, 0.1) is 33.9 Å². The number of likely N-dealkylation sites (tertiary alicyclic amines) is 1.